The minimum Gasteiger partial charge on any atom is -0.507 e. The maximum atomic E-state index is 13.0. The van der Waals surface area contributed by atoms with Crippen LogP contribution in [0.3, 0.4) is 0 Å². The number of aromatic hydroxyl groups is 1. The van der Waals surface area contributed by atoms with Gasteiger partial charge < -0.3 is 24.5 Å². The minimum atomic E-state index is -4.55. The highest BCUT2D eigenvalue weighted by Crippen LogP contribution is 2.49. The van der Waals surface area contributed by atoms with E-state index in [1.165, 1.54) is 6.07 Å². The van der Waals surface area contributed by atoms with Gasteiger partial charge in [0.15, 0.2) is 5.43 Å². The summed E-state index contributed by atoms with van der Waals surface area (Å²) in [6, 6.07) is 8.97. The molecule has 0 saturated heterocycles. The molecule has 2 aromatic carbocycles. The summed E-state index contributed by atoms with van der Waals surface area (Å²) in [5.74, 6) is -1.35. The van der Waals surface area contributed by atoms with Crippen LogP contribution in [0.5, 0.6) is 11.5 Å². The van der Waals surface area contributed by atoms with Gasteiger partial charge in [0.2, 0.25) is 0 Å². The van der Waals surface area contributed by atoms with Crippen LogP contribution in [0.4, 0.5) is 0 Å². The zero-order valence-corrected chi connectivity index (χ0v) is 19.9. The molecule has 1 heterocycles. The van der Waals surface area contributed by atoms with Crippen molar-refractivity contribution in [2.24, 2.45) is 0 Å². The Kier molecular flexibility index (Phi) is 7.84. The smallest absolute Gasteiger partial charge is 0.507 e. The van der Waals surface area contributed by atoms with Crippen molar-refractivity contribution >= 4 is 30.4 Å². The first kappa shape index (κ1) is 25.2. The number of phosphoric acid groups is 1. The summed E-state index contributed by atoms with van der Waals surface area (Å²) in [7, 11) is -1.91. The van der Waals surface area contributed by atoms with Gasteiger partial charge in [-0.1, -0.05) is 30.7 Å². The standard InChI is InChI=1S/C22H25ClNO8P/c1-4-12(17(27)11-24-2)20-19(32-33(28,29)30-3)10-16(26)21-15(25)9-18(31-22(20)21)13-7-5-6-8-14(13)23/h5-10,12,17,24,26-27H,4,11H2,1-3H3,(H,28,29). The predicted octanol–water partition coefficient (Wildman–Crippen LogP) is 4.02. The Bertz CT molecular complexity index is 1260. The Hall–Kier alpha value is -2.39. The monoisotopic (exact) mass is 497 g/mol. The van der Waals surface area contributed by atoms with Crippen molar-refractivity contribution in [1.29, 1.82) is 0 Å². The van der Waals surface area contributed by atoms with Crippen molar-refractivity contribution < 1.29 is 33.1 Å². The summed E-state index contributed by atoms with van der Waals surface area (Å²) in [6.07, 6.45) is -0.632. The number of fused-ring (bicyclic) bond motifs is 1. The second-order valence-corrected chi connectivity index (χ2v) is 9.24. The third-order valence-electron chi connectivity index (χ3n) is 5.25. The van der Waals surface area contributed by atoms with Crippen LogP contribution in [-0.2, 0) is 9.09 Å². The molecule has 3 unspecified atom stereocenters. The van der Waals surface area contributed by atoms with Gasteiger partial charge in [-0.15, -0.1) is 0 Å². The molecule has 9 nitrogen and oxygen atoms in total. The highest BCUT2D eigenvalue weighted by atomic mass is 35.5. The Morgan fingerprint density at radius 2 is 1.97 bits per heavy atom. The van der Waals surface area contributed by atoms with E-state index in [0.29, 0.717) is 17.0 Å². The second kappa shape index (κ2) is 10.3. The average molecular weight is 498 g/mol. The SMILES string of the molecule is CCC(c1c(OP(=O)(O)OC)cc(O)c2c(=O)cc(-c3ccccc3Cl)oc12)C(O)CNC. The van der Waals surface area contributed by atoms with E-state index in [1.54, 1.807) is 38.2 Å². The molecule has 178 valence electrons. The largest absolute Gasteiger partial charge is 0.527 e. The van der Waals surface area contributed by atoms with Crippen LogP contribution in [-0.4, -0.2) is 41.9 Å². The maximum Gasteiger partial charge on any atom is 0.527 e. The van der Waals surface area contributed by atoms with E-state index in [1.807, 2.05) is 0 Å². The molecule has 0 amide bonds. The maximum absolute atomic E-state index is 13.0. The van der Waals surface area contributed by atoms with Crippen LogP contribution in [0.2, 0.25) is 5.02 Å². The van der Waals surface area contributed by atoms with Crippen molar-refractivity contribution in [2.45, 2.75) is 25.4 Å². The van der Waals surface area contributed by atoms with E-state index in [-0.39, 0.29) is 34.6 Å². The number of rotatable bonds is 9. The molecule has 0 radical (unpaired) electrons. The Labute approximate surface area is 195 Å². The molecule has 3 aromatic rings. The zero-order valence-electron chi connectivity index (χ0n) is 18.2. The van der Waals surface area contributed by atoms with E-state index >= 15 is 0 Å². The number of aliphatic hydroxyl groups excluding tert-OH is 1. The fraction of sp³-hybridized carbons (Fsp3) is 0.318. The number of nitrogens with one attached hydrogen (secondary N) is 1. The predicted molar refractivity (Wildman–Crippen MR) is 125 cm³/mol. The van der Waals surface area contributed by atoms with Crippen LogP contribution in [0.1, 0.15) is 24.8 Å². The van der Waals surface area contributed by atoms with Crippen LogP contribution in [0.15, 0.2) is 45.6 Å². The quantitative estimate of drug-likeness (QED) is 0.323. The average Bonchev–Trinajstić information content (AvgIpc) is 2.76. The van der Waals surface area contributed by atoms with Gasteiger partial charge in [0.1, 0.15) is 28.2 Å². The van der Waals surface area contributed by atoms with E-state index in [4.69, 9.17) is 20.5 Å². The summed E-state index contributed by atoms with van der Waals surface area (Å²) >= 11 is 6.28. The number of phenolic OH excluding ortho intramolecular Hbond substituents is 1. The first-order valence-corrected chi connectivity index (χ1v) is 12.0. The second-order valence-electron chi connectivity index (χ2n) is 7.35. The highest BCUT2D eigenvalue weighted by molar-refractivity contribution is 7.47. The number of phosphoric ester groups is 1. The number of phenols is 1. The number of halogens is 1. The lowest BCUT2D eigenvalue weighted by atomic mass is 9.88. The highest BCUT2D eigenvalue weighted by Gasteiger charge is 2.32. The Balaban J connectivity index is 2.42. The first-order chi connectivity index (χ1) is 15.6. The van der Waals surface area contributed by atoms with E-state index < -0.39 is 31.0 Å². The third-order valence-corrected chi connectivity index (χ3v) is 6.47. The molecule has 3 rings (SSSR count). The number of hydrogen-bond donors (Lipinski definition) is 4. The normalized spacial score (nSPS) is 15.2. The third kappa shape index (κ3) is 5.24. The molecule has 4 N–H and O–H groups in total. The molecule has 0 fully saturated rings. The summed E-state index contributed by atoms with van der Waals surface area (Å²) in [5, 5.41) is 24.4. The summed E-state index contributed by atoms with van der Waals surface area (Å²) in [6.45, 7) is 1.96. The van der Waals surface area contributed by atoms with Crippen LogP contribution < -0.4 is 15.3 Å². The van der Waals surface area contributed by atoms with Gasteiger partial charge in [-0.25, -0.2) is 4.57 Å². The molecule has 11 heteroatoms. The molecule has 0 aliphatic heterocycles. The van der Waals surface area contributed by atoms with Crippen LogP contribution >= 0.6 is 19.4 Å². The van der Waals surface area contributed by atoms with Gasteiger partial charge in [0.25, 0.3) is 0 Å². The lowest BCUT2D eigenvalue weighted by molar-refractivity contribution is 0.139. The number of likely N-dealkylation sites (N-methyl/N-ethyl adjacent to an activating group) is 1. The molecule has 0 aliphatic carbocycles. The molecule has 0 bridgehead atoms. The molecule has 33 heavy (non-hydrogen) atoms. The van der Waals surface area contributed by atoms with Crippen molar-refractivity contribution in [3.8, 4) is 22.8 Å². The summed E-state index contributed by atoms with van der Waals surface area (Å²) < 4.78 is 28.0. The fourth-order valence-electron chi connectivity index (χ4n) is 3.71. The van der Waals surface area contributed by atoms with Gasteiger partial charge in [0.05, 0.1) is 11.1 Å². The van der Waals surface area contributed by atoms with E-state index in [0.717, 1.165) is 13.2 Å². The Morgan fingerprint density at radius 3 is 2.58 bits per heavy atom. The zero-order chi connectivity index (χ0) is 24.3. The number of aliphatic hydroxyl groups is 1. The Morgan fingerprint density at radius 1 is 1.27 bits per heavy atom. The topological polar surface area (TPSA) is 138 Å². The van der Waals surface area contributed by atoms with E-state index in [9.17, 15) is 24.5 Å². The lowest BCUT2D eigenvalue weighted by Crippen LogP contribution is -2.30. The molecule has 3 atom stereocenters. The number of hydrogen-bond acceptors (Lipinski definition) is 8. The molecule has 1 aromatic heterocycles. The molecule has 0 spiro atoms. The van der Waals surface area contributed by atoms with Gasteiger partial charge in [0, 0.05) is 42.8 Å². The van der Waals surface area contributed by atoms with Gasteiger partial charge >= 0.3 is 7.82 Å². The van der Waals surface area contributed by atoms with Crippen LogP contribution in [0, 0.1) is 0 Å². The first-order valence-electron chi connectivity index (χ1n) is 10.1. The fourth-order valence-corrected chi connectivity index (χ4v) is 4.42. The lowest BCUT2D eigenvalue weighted by Gasteiger charge is -2.25. The minimum absolute atomic E-state index is 0.0921. The summed E-state index contributed by atoms with van der Waals surface area (Å²) in [4.78, 5) is 22.9. The summed E-state index contributed by atoms with van der Waals surface area (Å²) in [5.41, 5.74) is -0.0762. The van der Waals surface area contributed by atoms with Gasteiger partial charge in [-0.05, 0) is 25.6 Å². The van der Waals surface area contributed by atoms with Crippen molar-refractivity contribution in [3.63, 3.8) is 0 Å². The van der Waals surface area contributed by atoms with Gasteiger partial charge in [-0.2, -0.15) is 0 Å². The van der Waals surface area contributed by atoms with Crippen LogP contribution in [0.25, 0.3) is 22.3 Å². The molecular weight excluding hydrogens is 473 g/mol. The molecular formula is C22H25ClNO8P. The molecule has 0 saturated carbocycles. The number of benzene rings is 2. The van der Waals surface area contributed by atoms with Gasteiger partial charge in [-0.3, -0.25) is 14.2 Å². The van der Waals surface area contributed by atoms with Crippen molar-refractivity contribution in [3.05, 3.63) is 57.2 Å². The van der Waals surface area contributed by atoms with Crippen molar-refractivity contribution in [1.82, 2.24) is 5.32 Å². The van der Waals surface area contributed by atoms with E-state index in [2.05, 4.69) is 9.84 Å². The van der Waals surface area contributed by atoms with Crippen molar-refractivity contribution in [2.75, 3.05) is 20.7 Å². The molecule has 0 aliphatic rings.